The minimum Gasteiger partial charge on any atom is -0.338 e. The normalized spacial score (nSPS) is 16.7. The number of carbonyl (C=O) groups excluding carboxylic acids is 1. The minimum atomic E-state index is -0.154. The molecule has 1 aromatic heterocycles. The summed E-state index contributed by atoms with van der Waals surface area (Å²) in [6.45, 7) is 3.88. The molecule has 3 rings (SSSR count). The number of nitrogens with one attached hydrogen (secondary N) is 2. The van der Waals surface area contributed by atoms with Gasteiger partial charge in [0.25, 0.3) is 0 Å². The molecular formula is C17H23N5O. The fourth-order valence-corrected chi connectivity index (χ4v) is 3.18. The van der Waals surface area contributed by atoms with Gasteiger partial charge in [-0.25, -0.2) is 4.79 Å². The van der Waals surface area contributed by atoms with Crippen LogP contribution in [0.4, 0.5) is 4.79 Å². The predicted molar refractivity (Wildman–Crippen MR) is 88.1 cm³/mol. The average Bonchev–Trinajstić information content (AvgIpc) is 3.05. The van der Waals surface area contributed by atoms with Crippen LogP contribution in [0.25, 0.3) is 0 Å². The summed E-state index contributed by atoms with van der Waals surface area (Å²) < 4.78 is 1.91. The van der Waals surface area contributed by atoms with Gasteiger partial charge in [0, 0.05) is 19.0 Å². The second kappa shape index (κ2) is 7.26. The Labute approximate surface area is 136 Å². The van der Waals surface area contributed by atoms with Gasteiger partial charge in [0.05, 0.1) is 6.54 Å². The highest BCUT2D eigenvalue weighted by molar-refractivity contribution is 5.73. The smallest absolute Gasteiger partial charge is 0.315 e. The van der Waals surface area contributed by atoms with E-state index < -0.39 is 0 Å². The zero-order valence-corrected chi connectivity index (χ0v) is 13.5. The highest BCUT2D eigenvalue weighted by Crippen LogP contribution is 2.30. The first-order chi connectivity index (χ1) is 11.3. The monoisotopic (exact) mass is 313 g/mol. The van der Waals surface area contributed by atoms with Gasteiger partial charge >= 0.3 is 6.03 Å². The van der Waals surface area contributed by atoms with Crippen molar-refractivity contribution >= 4 is 6.03 Å². The quantitative estimate of drug-likeness (QED) is 0.889. The molecule has 0 saturated heterocycles. The van der Waals surface area contributed by atoms with Crippen molar-refractivity contribution in [3.05, 3.63) is 47.5 Å². The number of aromatic nitrogens is 3. The first kappa shape index (κ1) is 15.5. The van der Waals surface area contributed by atoms with Crippen LogP contribution in [0.3, 0.4) is 0 Å². The third-order valence-corrected chi connectivity index (χ3v) is 4.45. The molecule has 0 saturated carbocycles. The predicted octanol–water partition coefficient (Wildman–Crippen LogP) is 2.22. The molecular weight excluding hydrogens is 290 g/mol. The molecule has 122 valence electrons. The van der Waals surface area contributed by atoms with Crippen LogP contribution in [-0.4, -0.2) is 27.3 Å². The number of benzene rings is 1. The number of hydrogen-bond donors (Lipinski definition) is 2. The molecule has 0 fully saturated rings. The summed E-state index contributed by atoms with van der Waals surface area (Å²) in [7, 11) is 0. The Hall–Kier alpha value is -2.37. The van der Waals surface area contributed by atoms with Crippen LogP contribution in [-0.2, 0) is 19.5 Å². The maximum Gasteiger partial charge on any atom is 0.315 e. The topological polar surface area (TPSA) is 71.8 Å². The minimum absolute atomic E-state index is 0.154. The summed E-state index contributed by atoms with van der Waals surface area (Å²) in [5.74, 6) is 1.18. The number of nitrogens with zero attached hydrogens (tertiary/aromatic N) is 3. The van der Waals surface area contributed by atoms with E-state index in [1.165, 1.54) is 17.5 Å². The van der Waals surface area contributed by atoms with Gasteiger partial charge < -0.3 is 15.2 Å². The summed E-state index contributed by atoms with van der Waals surface area (Å²) in [5.41, 5.74) is 2.80. The first-order valence-electron chi connectivity index (χ1n) is 8.24. The Morgan fingerprint density at radius 3 is 3.09 bits per heavy atom. The Kier molecular flexibility index (Phi) is 4.90. The van der Waals surface area contributed by atoms with Gasteiger partial charge in [-0.15, -0.1) is 10.2 Å². The van der Waals surface area contributed by atoms with Crippen LogP contribution in [0.2, 0.25) is 0 Å². The van der Waals surface area contributed by atoms with Gasteiger partial charge in [0.1, 0.15) is 6.33 Å². The van der Waals surface area contributed by atoms with E-state index in [2.05, 4.69) is 45.1 Å². The van der Waals surface area contributed by atoms with Crippen LogP contribution < -0.4 is 10.6 Å². The van der Waals surface area contributed by atoms with E-state index >= 15 is 0 Å². The van der Waals surface area contributed by atoms with Crippen molar-refractivity contribution in [2.24, 2.45) is 0 Å². The molecule has 0 unspecified atom stereocenters. The molecule has 2 N–H and O–H groups in total. The lowest BCUT2D eigenvalue weighted by Gasteiger charge is -2.25. The zero-order valence-electron chi connectivity index (χ0n) is 13.5. The molecule has 23 heavy (non-hydrogen) atoms. The van der Waals surface area contributed by atoms with Crippen LogP contribution in [0.1, 0.15) is 42.6 Å². The van der Waals surface area contributed by atoms with Gasteiger partial charge in [-0.05, 0) is 37.3 Å². The fourth-order valence-electron chi connectivity index (χ4n) is 3.18. The summed E-state index contributed by atoms with van der Waals surface area (Å²) >= 11 is 0. The summed E-state index contributed by atoms with van der Waals surface area (Å²) in [4.78, 5) is 12.0. The van der Waals surface area contributed by atoms with Gasteiger partial charge in [0.15, 0.2) is 5.82 Å². The molecule has 6 nitrogen and oxygen atoms in total. The Balaban J connectivity index is 1.50. The second-order valence-corrected chi connectivity index (χ2v) is 5.88. The Bertz CT molecular complexity index is 667. The van der Waals surface area contributed by atoms with Crippen LogP contribution in [0, 0.1) is 0 Å². The number of aryl methyl sites for hydroxylation is 2. The highest BCUT2D eigenvalue weighted by atomic mass is 16.2. The van der Waals surface area contributed by atoms with Crippen molar-refractivity contribution in [2.45, 2.75) is 45.2 Å². The SMILES string of the molecule is CCn1cnnc1CNC(=O)NC[C@@H]1CCCc2ccccc21. The maximum atomic E-state index is 12.0. The van der Waals surface area contributed by atoms with Gasteiger partial charge in [-0.1, -0.05) is 24.3 Å². The third kappa shape index (κ3) is 3.70. The molecule has 6 heteroatoms. The van der Waals surface area contributed by atoms with E-state index in [1.807, 2.05) is 11.5 Å². The maximum absolute atomic E-state index is 12.0. The third-order valence-electron chi connectivity index (χ3n) is 4.45. The van der Waals surface area contributed by atoms with E-state index in [9.17, 15) is 4.79 Å². The molecule has 2 amide bonds. The summed E-state index contributed by atoms with van der Waals surface area (Å²) in [6.07, 6.45) is 5.13. The van der Waals surface area contributed by atoms with Crippen molar-refractivity contribution < 1.29 is 4.79 Å². The van der Waals surface area contributed by atoms with E-state index in [-0.39, 0.29) is 6.03 Å². The Morgan fingerprint density at radius 2 is 2.22 bits per heavy atom. The highest BCUT2D eigenvalue weighted by Gasteiger charge is 2.20. The largest absolute Gasteiger partial charge is 0.338 e. The van der Waals surface area contributed by atoms with Crippen LogP contribution in [0.5, 0.6) is 0 Å². The van der Waals surface area contributed by atoms with E-state index in [4.69, 9.17) is 0 Å². The summed E-state index contributed by atoms with van der Waals surface area (Å²) in [6, 6.07) is 8.39. The molecule has 1 atom stereocenters. The molecule has 1 heterocycles. The number of amides is 2. The van der Waals surface area contributed by atoms with Gasteiger partial charge in [0.2, 0.25) is 0 Å². The van der Waals surface area contributed by atoms with Gasteiger partial charge in [-0.3, -0.25) is 0 Å². The fraction of sp³-hybridized carbons (Fsp3) is 0.471. The molecule has 1 aliphatic rings. The molecule has 0 bridgehead atoms. The number of rotatable bonds is 5. The molecule has 0 radical (unpaired) electrons. The molecule has 1 aromatic carbocycles. The van der Waals surface area contributed by atoms with E-state index in [1.54, 1.807) is 6.33 Å². The number of fused-ring (bicyclic) bond motifs is 1. The second-order valence-electron chi connectivity index (χ2n) is 5.88. The molecule has 1 aliphatic carbocycles. The van der Waals surface area contributed by atoms with E-state index in [0.29, 0.717) is 19.0 Å². The lowest BCUT2D eigenvalue weighted by molar-refractivity contribution is 0.239. The Morgan fingerprint density at radius 1 is 1.35 bits per heavy atom. The van der Waals surface area contributed by atoms with Crippen molar-refractivity contribution in [3.63, 3.8) is 0 Å². The van der Waals surface area contributed by atoms with Gasteiger partial charge in [-0.2, -0.15) is 0 Å². The van der Waals surface area contributed by atoms with Crippen molar-refractivity contribution in [1.29, 1.82) is 0 Å². The zero-order chi connectivity index (χ0) is 16.1. The van der Waals surface area contributed by atoms with E-state index in [0.717, 1.165) is 25.2 Å². The standard InChI is InChI=1S/C17H23N5O/c1-2-22-12-20-21-16(22)11-19-17(23)18-10-14-8-5-7-13-6-3-4-9-15(13)14/h3-4,6,9,12,14H,2,5,7-8,10-11H2,1H3,(H2,18,19,23)/t14-/m0/s1. The lowest BCUT2D eigenvalue weighted by Crippen LogP contribution is -2.38. The summed E-state index contributed by atoms with van der Waals surface area (Å²) in [5, 5.41) is 13.7. The average molecular weight is 313 g/mol. The van der Waals surface area contributed by atoms with Crippen LogP contribution in [0.15, 0.2) is 30.6 Å². The number of hydrogen-bond acceptors (Lipinski definition) is 3. The molecule has 0 aliphatic heterocycles. The number of carbonyl (C=O) groups is 1. The lowest BCUT2D eigenvalue weighted by atomic mass is 9.83. The number of urea groups is 1. The van der Waals surface area contributed by atoms with Crippen molar-refractivity contribution in [3.8, 4) is 0 Å². The molecule has 0 spiro atoms. The van der Waals surface area contributed by atoms with Crippen molar-refractivity contribution in [1.82, 2.24) is 25.4 Å². The van der Waals surface area contributed by atoms with Crippen LogP contribution >= 0.6 is 0 Å². The first-order valence-corrected chi connectivity index (χ1v) is 8.24. The molecule has 2 aromatic rings. The van der Waals surface area contributed by atoms with Crippen molar-refractivity contribution in [2.75, 3.05) is 6.54 Å².